The molecule has 3 rings (SSSR count). The van der Waals surface area contributed by atoms with Crippen molar-refractivity contribution in [1.82, 2.24) is 9.29 Å². The Morgan fingerprint density at radius 3 is 2.76 bits per heavy atom. The van der Waals surface area contributed by atoms with Crippen LogP contribution in [0.5, 0.6) is 0 Å². The summed E-state index contributed by atoms with van der Waals surface area (Å²) in [7, 11) is -2.63. The summed E-state index contributed by atoms with van der Waals surface area (Å²) >= 11 is 6.00. The van der Waals surface area contributed by atoms with Crippen LogP contribution >= 0.6 is 11.6 Å². The third-order valence-electron chi connectivity index (χ3n) is 4.46. The normalized spacial score (nSPS) is 15.1. The molecule has 2 aromatic rings. The van der Waals surface area contributed by atoms with E-state index < -0.39 is 16.0 Å². The molecule has 1 aliphatic heterocycles. The van der Waals surface area contributed by atoms with Crippen molar-refractivity contribution in [3.05, 3.63) is 52.7 Å². The summed E-state index contributed by atoms with van der Waals surface area (Å²) in [6.45, 7) is 1.57. The van der Waals surface area contributed by atoms with E-state index in [2.05, 4.69) is 10.3 Å². The molecule has 29 heavy (non-hydrogen) atoms. The number of ether oxygens (including phenoxy) is 2. The summed E-state index contributed by atoms with van der Waals surface area (Å²) in [5.74, 6) is -0.465. The number of nitrogens with one attached hydrogen (secondary N) is 1. The molecule has 0 bridgehead atoms. The number of sulfonamides is 1. The Bertz CT molecular complexity index is 978. The van der Waals surface area contributed by atoms with E-state index in [0.717, 1.165) is 5.56 Å². The molecular weight excluding hydrogens is 418 g/mol. The van der Waals surface area contributed by atoms with Crippen LogP contribution in [0.4, 0.5) is 5.82 Å². The molecular formula is C19H22ClN3O5S. The van der Waals surface area contributed by atoms with Crippen molar-refractivity contribution in [2.45, 2.75) is 11.3 Å². The fourth-order valence-electron chi connectivity index (χ4n) is 2.95. The van der Waals surface area contributed by atoms with Crippen LogP contribution < -0.4 is 5.32 Å². The van der Waals surface area contributed by atoms with E-state index in [0.29, 0.717) is 31.2 Å². The monoisotopic (exact) mass is 439 g/mol. The molecule has 1 N–H and O–H groups in total. The van der Waals surface area contributed by atoms with Gasteiger partial charge in [0, 0.05) is 30.9 Å². The summed E-state index contributed by atoms with van der Waals surface area (Å²) in [4.78, 5) is 16.0. The fraction of sp³-hybridized carbons (Fsp3) is 0.368. The van der Waals surface area contributed by atoms with Crippen LogP contribution in [0.1, 0.15) is 15.9 Å². The minimum Gasteiger partial charge on any atom is -0.465 e. The van der Waals surface area contributed by atoms with Crippen molar-refractivity contribution in [2.75, 3.05) is 45.3 Å². The number of pyridine rings is 1. The molecule has 1 saturated heterocycles. The molecule has 0 aliphatic carbocycles. The Labute approximate surface area is 174 Å². The van der Waals surface area contributed by atoms with Crippen LogP contribution in [0.3, 0.4) is 0 Å². The molecule has 0 unspecified atom stereocenters. The molecule has 8 nitrogen and oxygen atoms in total. The molecule has 1 aliphatic rings. The van der Waals surface area contributed by atoms with Gasteiger partial charge in [-0.3, -0.25) is 0 Å². The first-order valence-electron chi connectivity index (χ1n) is 9.06. The van der Waals surface area contributed by atoms with Crippen LogP contribution in [0.25, 0.3) is 0 Å². The number of carbonyl (C=O) groups excluding carboxylic acids is 1. The first-order chi connectivity index (χ1) is 13.9. The molecule has 2 heterocycles. The predicted molar refractivity (Wildman–Crippen MR) is 109 cm³/mol. The first-order valence-corrected chi connectivity index (χ1v) is 10.9. The Balaban J connectivity index is 1.86. The van der Waals surface area contributed by atoms with E-state index in [1.54, 1.807) is 6.07 Å². The van der Waals surface area contributed by atoms with Gasteiger partial charge in [-0.05, 0) is 30.2 Å². The summed E-state index contributed by atoms with van der Waals surface area (Å²) in [5, 5.41) is 3.70. The van der Waals surface area contributed by atoms with E-state index in [9.17, 15) is 13.2 Å². The lowest BCUT2D eigenvalue weighted by molar-refractivity contribution is 0.0600. The molecule has 0 spiro atoms. The van der Waals surface area contributed by atoms with Crippen LogP contribution in [0.15, 0.2) is 41.4 Å². The number of hydrogen-bond donors (Lipinski definition) is 1. The van der Waals surface area contributed by atoms with Crippen molar-refractivity contribution < 1.29 is 22.7 Å². The third kappa shape index (κ3) is 5.24. The number of morpholine rings is 1. The Kier molecular flexibility index (Phi) is 7.07. The average Bonchev–Trinajstić information content (AvgIpc) is 2.74. The number of esters is 1. The van der Waals surface area contributed by atoms with Crippen molar-refractivity contribution in [3.63, 3.8) is 0 Å². The largest absolute Gasteiger partial charge is 0.465 e. The Morgan fingerprint density at radius 1 is 1.31 bits per heavy atom. The zero-order valence-electron chi connectivity index (χ0n) is 15.9. The predicted octanol–water partition coefficient (Wildman–Crippen LogP) is 2.20. The highest BCUT2D eigenvalue weighted by molar-refractivity contribution is 7.89. The van der Waals surface area contributed by atoms with Gasteiger partial charge in [0.15, 0.2) is 0 Å². The lowest BCUT2D eigenvalue weighted by Crippen LogP contribution is -2.41. The SMILES string of the molecule is COC(=O)c1cnc(NCCc2cccc(Cl)c2)c(S(=O)(=O)N2CCOCC2)c1. The molecule has 0 atom stereocenters. The van der Waals surface area contributed by atoms with Crippen LogP contribution in [-0.2, 0) is 25.9 Å². The highest BCUT2D eigenvalue weighted by atomic mass is 35.5. The number of rotatable bonds is 7. The van der Waals surface area contributed by atoms with E-state index >= 15 is 0 Å². The summed E-state index contributed by atoms with van der Waals surface area (Å²) in [5.41, 5.74) is 1.08. The molecule has 0 saturated carbocycles. The highest BCUT2D eigenvalue weighted by Gasteiger charge is 2.30. The molecule has 10 heteroatoms. The maximum absolute atomic E-state index is 13.2. The number of nitrogens with zero attached hydrogens (tertiary/aromatic N) is 2. The Hall–Kier alpha value is -2.20. The molecule has 0 amide bonds. The number of benzene rings is 1. The van der Waals surface area contributed by atoms with E-state index in [1.165, 1.54) is 23.7 Å². The smallest absolute Gasteiger partial charge is 0.339 e. The number of halogens is 1. The summed E-state index contributed by atoms with van der Waals surface area (Å²) in [6, 6.07) is 8.73. The van der Waals surface area contributed by atoms with Crippen molar-refractivity contribution in [1.29, 1.82) is 0 Å². The zero-order chi connectivity index (χ0) is 20.9. The van der Waals surface area contributed by atoms with Gasteiger partial charge in [-0.2, -0.15) is 4.31 Å². The molecule has 156 valence electrons. The van der Waals surface area contributed by atoms with Gasteiger partial charge in [-0.15, -0.1) is 0 Å². The number of methoxy groups -OCH3 is 1. The van der Waals surface area contributed by atoms with Gasteiger partial charge >= 0.3 is 5.97 Å². The van der Waals surface area contributed by atoms with Crippen molar-refractivity contribution >= 4 is 33.4 Å². The van der Waals surface area contributed by atoms with Crippen LogP contribution in [-0.4, -0.2) is 63.6 Å². The minimum atomic E-state index is -3.86. The van der Waals surface area contributed by atoms with Gasteiger partial charge in [0.05, 0.1) is 25.9 Å². The maximum Gasteiger partial charge on any atom is 0.339 e. The van der Waals surface area contributed by atoms with Crippen LogP contribution in [0.2, 0.25) is 5.02 Å². The number of aromatic nitrogens is 1. The summed E-state index contributed by atoms with van der Waals surface area (Å²) in [6.07, 6.45) is 1.92. The fourth-order valence-corrected chi connectivity index (χ4v) is 4.71. The lowest BCUT2D eigenvalue weighted by Gasteiger charge is -2.27. The van der Waals surface area contributed by atoms with Gasteiger partial charge in [-0.25, -0.2) is 18.2 Å². The molecule has 1 aromatic carbocycles. The first kappa shape index (κ1) is 21.5. The quantitative estimate of drug-likeness (QED) is 0.660. The maximum atomic E-state index is 13.2. The van der Waals surface area contributed by atoms with Gasteiger partial charge in [0.2, 0.25) is 10.0 Å². The number of anilines is 1. The molecule has 0 radical (unpaired) electrons. The highest BCUT2D eigenvalue weighted by Crippen LogP contribution is 2.25. The lowest BCUT2D eigenvalue weighted by atomic mass is 10.1. The average molecular weight is 440 g/mol. The van der Waals surface area contributed by atoms with Crippen molar-refractivity contribution in [2.24, 2.45) is 0 Å². The van der Waals surface area contributed by atoms with E-state index in [4.69, 9.17) is 21.1 Å². The summed E-state index contributed by atoms with van der Waals surface area (Å²) < 4.78 is 37.6. The second kappa shape index (κ2) is 9.53. The molecule has 1 aromatic heterocycles. The second-order valence-electron chi connectivity index (χ2n) is 6.39. The second-order valence-corrected chi connectivity index (χ2v) is 8.73. The zero-order valence-corrected chi connectivity index (χ0v) is 17.5. The number of carbonyl (C=O) groups is 1. The standard InChI is InChI=1S/C19H22ClN3O5S/c1-27-19(24)15-12-17(29(25,26)23-7-9-28-10-8-23)18(22-13-15)21-6-5-14-3-2-4-16(20)11-14/h2-4,11-13H,5-10H2,1H3,(H,21,22). The van der Waals surface area contributed by atoms with Gasteiger partial charge in [0.1, 0.15) is 10.7 Å². The van der Waals surface area contributed by atoms with Crippen LogP contribution in [0, 0.1) is 0 Å². The minimum absolute atomic E-state index is 0.0617. The third-order valence-corrected chi connectivity index (χ3v) is 6.60. The topological polar surface area (TPSA) is 97.8 Å². The molecule has 1 fully saturated rings. The van der Waals surface area contributed by atoms with Gasteiger partial charge in [-0.1, -0.05) is 23.7 Å². The van der Waals surface area contributed by atoms with Gasteiger partial charge < -0.3 is 14.8 Å². The van der Waals surface area contributed by atoms with Crippen molar-refractivity contribution in [3.8, 4) is 0 Å². The number of hydrogen-bond acceptors (Lipinski definition) is 7. The Morgan fingerprint density at radius 2 is 2.07 bits per heavy atom. The van der Waals surface area contributed by atoms with E-state index in [1.807, 2.05) is 18.2 Å². The van der Waals surface area contributed by atoms with Gasteiger partial charge in [0.25, 0.3) is 0 Å². The van der Waals surface area contributed by atoms with E-state index in [-0.39, 0.29) is 29.4 Å².